The third-order valence-electron chi connectivity index (χ3n) is 5.48. The van der Waals surface area contributed by atoms with Gasteiger partial charge in [-0.3, -0.25) is 0 Å². The normalized spacial score (nSPS) is 11.3. The van der Waals surface area contributed by atoms with E-state index in [-0.39, 0.29) is 0 Å². The van der Waals surface area contributed by atoms with Crippen LogP contribution in [-0.2, 0) is 0 Å². The van der Waals surface area contributed by atoms with Crippen molar-refractivity contribution in [2.75, 3.05) is 9.80 Å². The number of hydrogen-bond acceptors (Lipinski definition) is 2. The quantitative estimate of drug-likeness (QED) is 0.327. The molecule has 152 valence electrons. The second-order valence-electron chi connectivity index (χ2n) is 8.31. The summed E-state index contributed by atoms with van der Waals surface area (Å²) in [5.74, 6) is 0. The van der Waals surface area contributed by atoms with Crippen molar-refractivity contribution in [2.45, 2.75) is 39.8 Å². The molecule has 0 saturated carbocycles. The molecule has 0 fully saturated rings. The van der Waals surface area contributed by atoms with Gasteiger partial charge >= 0.3 is 0 Å². The van der Waals surface area contributed by atoms with E-state index in [2.05, 4.69) is 135 Å². The minimum atomic E-state index is 0.354. The minimum Gasteiger partial charge on any atom is -0.339 e. The van der Waals surface area contributed by atoms with Crippen molar-refractivity contribution in [1.29, 1.82) is 0 Å². The predicted molar refractivity (Wildman–Crippen MR) is 131 cm³/mol. The monoisotopic (exact) mass is 394 g/mol. The van der Waals surface area contributed by atoms with Gasteiger partial charge in [-0.05, 0) is 87.0 Å². The lowest BCUT2D eigenvalue weighted by Gasteiger charge is -2.32. The number of nitrogens with zero attached hydrogens (tertiary/aromatic N) is 2. The Labute approximate surface area is 180 Å². The average Bonchev–Trinajstić information content (AvgIpc) is 2.75. The first kappa shape index (κ1) is 20.0. The summed E-state index contributed by atoms with van der Waals surface area (Å²) in [5, 5.41) is 2.54. The highest BCUT2D eigenvalue weighted by molar-refractivity contribution is 5.87. The van der Waals surface area contributed by atoms with Crippen LogP contribution in [-0.4, -0.2) is 12.1 Å². The molecule has 0 heterocycles. The third kappa shape index (κ3) is 4.04. The molecular formula is C28H30N2. The SMILES string of the molecule is CC(C)N(c1ccccc1)c1ccc(N(c2ccc3ccccc3c2)C(C)C)cc1. The van der Waals surface area contributed by atoms with Gasteiger partial charge in [0.1, 0.15) is 0 Å². The van der Waals surface area contributed by atoms with Crippen LogP contribution in [0.15, 0.2) is 97.1 Å². The number of benzene rings is 4. The Bertz CT molecular complexity index is 1100. The molecule has 2 heteroatoms. The number of para-hydroxylation sites is 1. The molecule has 0 aliphatic carbocycles. The Kier molecular flexibility index (Phi) is 5.76. The molecule has 0 atom stereocenters. The van der Waals surface area contributed by atoms with Crippen molar-refractivity contribution in [3.63, 3.8) is 0 Å². The zero-order chi connectivity index (χ0) is 21.1. The van der Waals surface area contributed by atoms with E-state index in [9.17, 15) is 0 Å². The largest absolute Gasteiger partial charge is 0.339 e. The lowest BCUT2D eigenvalue weighted by atomic mass is 10.1. The van der Waals surface area contributed by atoms with Gasteiger partial charge in [0, 0.05) is 34.8 Å². The molecule has 4 rings (SSSR count). The van der Waals surface area contributed by atoms with Crippen molar-refractivity contribution in [1.82, 2.24) is 0 Å². The average molecular weight is 395 g/mol. The Hall–Kier alpha value is -3.26. The van der Waals surface area contributed by atoms with E-state index in [1.165, 1.54) is 33.5 Å². The fraction of sp³-hybridized carbons (Fsp3) is 0.214. The van der Waals surface area contributed by atoms with Crippen molar-refractivity contribution >= 4 is 33.5 Å². The summed E-state index contributed by atoms with van der Waals surface area (Å²) in [6.07, 6.45) is 0. The van der Waals surface area contributed by atoms with Gasteiger partial charge in [-0.15, -0.1) is 0 Å². The number of fused-ring (bicyclic) bond motifs is 1. The predicted octanol–water partition coefficient (Wildman–Crippen LogP) is 7.93. The molecule has 0 aliphatic heterocycles. The van der Waals surface area contributed by atoms with Gasteiger partial charge in [-0.25, -0.2) is 0 Å². The first-order valence-electron chi connectivity index (χ1n) is 10.8. The third-order valence-corrected chi connectivity index (χ3v) is 5.48. The van der Waals surface area contributed by atoms with Gasteiger partial charge in [0.2, 0.25) is 0 Å². The van der Waals surface area contributed by atoms with Gasteiger partial charge in [-0.1, -0.05) is 48.5 Å². The highest BCUT2D eigenvalue weighted by atomic mass is 15.2. The molecule has 0 bridgehead atoms. The van der Waals surface area contributed by atoms with E-state index >= 15 is 0 Å². The first-order chi connectivity index (χ1) is 14.5. The van der Waals surface area contributed by atoms with E-state index in [4.69, 9.17) is 0 Å². The highest BCUT2D eigenvalue weighted by Gasteiger charge is 2.16. The zero-order valence-corrected chi connectivity index (χ0v) is 18.3. The van der Waals surface area contributed by atoms with Crippen LogP contribution in [0.3, 0.4) is 0 Å². The minimum absolute atomic E-state index is 0.354. The lowest BCUT2D eigenvalue weighted by Crippen LogP contribution is -2.26. The summed E-state index contributed by atoms with van der Waals surface area (Å²) in [6.45, 7) is 8.95. The van der Waals surface area contributed by atoms with Crippen molar-refractivity contribution < 1.29 is 0 Å². The number of rotatable bonds is 6. The molecule has 0 aromatic heterocycles. The van der Waals surface area contributed by atoms with Gasteiger partial charge in [-0.2, -0.15) is 0 Å². The molecule has 0 amide bonds. The molecule has 4 aromatic rings. The molecule has 0 aliphatic rings. The smallest absolute Gasteiger partial charge is 0.0419 e. The Morgan fingerprint density at radius 1 is 0.433 bits per heavy atom. The van der Waals surface area contributed by atoms with Crippen LogP contribution in [0.4, 0.5) is 22.7 Å². The van der Waals surface area contributed by atoms with Crippen molar-refractivity contribution in [2.24, 2.45) is 0 Å². The first-order valence-corrected chi connectivity index (χ1v) is 10.8. The summed E-state index contributed by atoms with van der Waals surface area (Å²) in [5.41, 5.74) is 4.86. The van der Waals surface area contributed by atoms with Crippen LogP contribution in [0.2, 0.25) is 0 Å². The van der Waals surface area contributed by atoms with Crippen LogP contribution < -0.4 is 9.80 Å². The molecule has 4 aromatic carbocycles. The number of anilines is 4. The summed E-state index contributed by atoms with van der Waals surface area (Å²) in [7, 11) is 0. The molecule has 2 nitrogen and oxygen atoms in total. The maximum Gasteiger partial charge on any atom is 0.0419 e. The second-order valence-corrected chi connectivity index (χ2v) is 8.31. The van der Waals surface area contributed by atoms with Crippen molar-refractivity contribution in [3.05, 3.63) is 97.1 Å². The Morgan fingerprint density at radius 3 is 1.43 bits per heavy atom. The molecule has 0 N–H and O–H groups in total. The van der Waals surface area contributed by atoms with E-state index < -0.39 is 0 Å². The van der Waals surface area contributed by atoms with E-state index in [0.717, 1.165) is 0 Å². The zero-order valence-electron chi connectivity index (χ0n) is 18.3. The van der Waals surface area contributed by atoms with Gasteiger partial charge in [0.15, 0.2) is 0 Å². The maximum absolute atomic E-state index is 2.40. The van der Waals surface area contributed by atoms with Crippen LogP contribution in [0.25, 0.3) is 10.8 Å². The van der Waals surface area contributed by atoms with Gasteiger partial charge < -0.3 is 9.80 Å². The maximum atomic E-state index is 2.40. The van der Waals surface area contributed by atoms with E-state index in [1.807, 2.05) is 0 Å². The van der Waals surface area contributed by atoms with Crippen LogP contribution in [0.1, 0.15) is 27.7 Å². The Balaban J connectivity index is 1.69. The van der Waals surface area contributed by atoms with Crippen LogP contribution in [0.5, 0.6) is 0 Å². The molecule has 0 spiro atoms. The van der Waals surface area contributed by atoms with Gasteiger partial charge in [0.25, 0.3) is 0 Å². The second kappa shape index (κ2) is 8.62. The standard InChI is InChI=1S/C28H30N2/c1-21(2)29(25-12-6-5-7-13-25)26-16-18-27(19-17-26)30(22(3)4)28-15-14-23-10-8-9-11-24(23)20-28/h5-22H,1-4H3. The molecule has 0 unspecified atom stereocenters. The summed E-state index contributed by atoms with van der Waals surface area (Å²) >= 11 is 0. The van der Waals surface area contributed by atoms with Crippen LogP contribution >= 0.6 is 0 Å². The van der Waals surface area contributed by atoms with Crippen molar-refractivity contribution in [3.8, 4) is 0 Å². The molecule has 30 heavy (non-hydrogen) atoms. The highest BCUT2D eigenvalue weighted by Crippen LogP contribution is 2.34. The van der Waals surface area contributed by atoms with E-state index in [1.54, 1.807) is 0 Å². The van der Waals surface area contributed by atoms with Gasteiger partial charge in [0.05, 0.1) is 0 Å². The molecule has 0 saturated heterocycles. The van der Waals surface area contributed by atoms with Crippen LogP contribution in [0, 0.1) is 0 Å². The molecular weight excluding hydrogens is 364 g/mol. The molecule has 0 radical (unpaired) electrons. The summed E-state index contributed by atoms with van der Waals surface area (Å²) in [4.78, 5) is 4.78. The fourth-order valence-corrected chi connectivity index (χ4v) is 4.18. The fourth-order valence-electron chi connectivity index (χ4n) is 4.18. The summed E-state index contributed by atoms with van der Waals surface area (Å²) in [6, 6.07) is 35.5. The lowest BCUT2D eigenvalue weighted by molar-refractivity contribution is 0.783. The van der Waals surface area contributed by atoms with E-state index in [0.29, 0.717) is 12.1 Å². The Morgan fingerprint density at radius 2 is 0.867 bits per heavy atom. The topological polar surface area (TPSA) is 6.48 Å². The summed E-state index contributed by atoms with van der Waals surface area (Å²) < 4.78 is 0. The number of hydrogen-bond donors (Lipinski definition) is 0.